The Hall–Kier alpha value is -3.99. The van der Waals surface area contributed by atoms with E-state index in [1.54, 1.807) is 19.0 Å². The van der Waals surface area contributed by atoms with Crippen LogP contribution in [0.25, 0.3) is 0 Å². The van der Waals surface area contributed by atoms with Crippen molar-refractivity contribution in [1.82, 2.24) is 9.80 Å². The maximum absolute atomic E-state index is 16.1. The van der Waals surface area contributed by atoms with Crippen LogP contribution in [0.2, 0.25) is 0 Å². The van der Waals surface area contributed by atoms with Gasteiger partial charge in [0, 0.05) is 41.3 Å². The van der Waals surface area contributed by atoms with E-state index in [2.05, 4.69) is 6.58 Å². The van der Waals surface area contributed by atoms with Crippen LogP contribution < -0.4 is 5.73 Å². The van der Waals surface area contributed by atoms with Crippen molar-refractivity contribution >= 4 is 11.7 Å². The van der Waals surface area contributed by atoms with Gasteiger partial charge < -0.3 is 26.2 Å². The number of aliphatic hydroxyl groups excluding tert-OH is 2. The third-order valence-corrected chi connectivity index (χ3v) is 9.01. The average Bonchev–Trinajstić information content (AvgIpc) is 2.93. The molecule has 0 heterocycles. The summed E-state index contributed by atoms with van der Waals surface area (Å²) in [6.07, 6.45) is 0.0312. The number of phenolic OH excluding ortho intramolecular Hbond substituents is 1. The zero-order valence-corrected chi connectivity index (χ0v) is 23.9. The van der Waals surface area contributed by atoms with E-state index in [0.717, 1.165) is 5.56 Å². The largest absolute Gasteiger partial charge is 0.510 e. The maximum Gasteiger partial charge on any atom is 0.252 e. The van der Waals surface area contributed by atoms with Crippen molar-refractivity contribution in [2.45, 2.75) is 44.5 Å². The standard InChI is InChI=1S/C32H36FN3O6/c1-5-36(14-17-9-7-6-8-10-17)15-19-13-22(37)25-20(26(19)33)11-18-12-21-27(35(3)4)29(39)23(31(34)41)16(2)32(21,42)30(40)24(18)28(25)38/h6-10,13,18,21,27,37,39-40,42H,2,5,11-12,14-15H2,1,3-4H3,(H2,34,41)/t18-,21-,27-,32-/m0/s1. The van der Waals surface area contributed by atoms with Crippen molar-refractivity contribution in [2.75, 3.05) is 20.6 Å². The number of amides is 1. The monoisotopic (exact) mass is 577 g/mol. The number of fused-ring (bicyclic) bond motifs is 3. The molecule has 2 aromatic rings. The Morgan fingerprint density at radius 1 is 1.17 bits per heavy atom. The summed E-state index contributed by atoms with van der Waals surface area (Å²) >= 11 is 0. The molecule has 1 amide bonds. The van der Waals surface area contributed by atoms with Crippen molar-refractivity contribution in [2.24, 2.45) is 17.6 Å². The number of aliphatic hydroxyl groups is 3. The van der Waals surface area contributed by atoms with Crippen molar-refractivity contribution in [3.8, 4) is 5.75 Å². The zero-order chi connectivity index (χ0) is 30.7. The lowest BCUT2D eigenvalue weighted by atomic mass is 9.57. The molecule has 222 valence electrons. The van der Waals surface area contributed by atoms with E-state index in [9.17, 15) is 30.0 Å². The molecule has 10 heteroatoms. The topological polar surface area (TPSA) is 148 Å². The Morgan fingerprint density at radius 2 is 1.83 bits per heavy atom. The first kappa shape index (κ1) is 29.5. The number of likely N-dealkylation sites (N-methyl/N-ethyl adjacent to an activating group) is 1. The number of carbonyl (C=O) groups excluding carboxylic acids is 2. The normalized spacial score (nSPS) is 25.5. The second-order valence-corrected chi connectivity index (χ2v) is 11.6. The molecule has 0 spiro atoms. The Labute approximate surface area is 243 Å². The SMILES string of the molecule is C=C1C(C(N)=O)=C(O)[C@@H](N(C)C)[C@@H]2C[C@@H]3Cc4c(F)c(CN(CC)Cc5ccccc5)cc(O)c4C(=O)C3=C(O)[C@]12O. The van der Waals surface area contributed by atoms with Gasteiger partial charge in [-0.3, -0.25) is 19.4 Å². The summed E-state index contributed by atoms with van der Waals surface area (Å²) in [6, 6.07) is 10.0. The molecule has 42 heavy (non-hydrogen) atoms. The molecule has 3 aliphatic carbocycles. The first-order chi connectivity index (χ1) is 19.8. The van der Waals surface area contributed by atoms with Gasteiger partial charge >= 0.3 is 0 Å². The fourth-order valence-corrected chi connectivity index (χ4v) is 7.00. The minimum Gasteiger partial charge on any atom is -0.510 e. The van der Waals surface area contributed by atoms with E-state index < -0.39 is 63.8 Å². The first-order valence-corrected chi connectivity index (χ1v) is 13.9. The number of allylic oxidation sites excluding steroid dienone is 1. The van der Waals surface area contributed by atoms with Gasteiger partial charge in [0.1, 0.15) is 23.1 Å². The minimum atomic E-state index is -2.29. The quantitative estimate of drug-likeness (QED) is 0.337. The van der Waals surface area contributed by atoms with E-state index in [-0.39, 0.29) is 47.2 Å². The number of aromatic hydroxyl groups is 1. The van der Waals surface area contributed by atoms with E-state index in [0.29, 0.717) is 13.1 Å². The van der Waals surface area contributed by atoms with Gasteiger partial charge in [0.25, 0.3) is 5.91 Å². The second kappa shape index (κ2) is 10.7. The van der Waals surface area contributed by atoms with Crippen molar-refractivity contribution < 1.29 is 34.4 Å². The summed E-state index contributed by atoms with van der Waals surface area (Å²) in [4.78, 5) is 29.7. The molecule has 6 N–H and O–H groups in total. The molecule has 5 rings (SSSR count). The number of nitrogens with zero attached hydrogens (tertiary/aromatic N) is 2. The van der Waals surface area contributed by atoms with Crippen LogP contribution >= 0.6 is 0 Å². The highest BCUT2D eigenvalue weighted by molar-refractivity contribution is 6.13. The molecule has 0 aliphatic heterocycles. The fourth-order valence-electron chi connectivity index (χ4n) is 7.00. The number of primary amides is 1. The summed E-state index contributed by atoms with van der Waals surface area (Å²) in [7, 11) is 3.26. The highest BCUT2D eigenvalue weighted by Crippen LogP contribution is 2.55. The smallest absolute Gasteiger partial charge is 0.252 e. The minimum absolute atomic E-state index is 0.0229. The number of Topliss-reactive ketones (excluding diaryl/α,β-unsaturated/α-hetero) is 1. The Kier molecular flexibility index (Phi) is 7.51. The summed E-state index contributed by atoms with van der Waals surface area (Å²) in [6.45, 7) is 7.12. The predicted molar refractivity (Wildman–Crippen MR) is 154 cm³/mol. The Bertz CT molecular complexity index is 1550. The number of carbonyl (C=O) groups is 2. The van der Waals surface area contributed by atoms with Gasteiger partial charge in [-0.1, -0.05) is 43.8 Å². The second-order valence-electron chi connectivity index (χ2n) is 11.6. The van der Waals surface area contributed by atoms with Gasteiger partial charge in [0.05, 0.1) is 17.2 Å². The predicted octanol–water partition coefficient (Wildman–Crippen LogP) is 3.27. The molecule has 9 nitrogen and oxygen atoms in total. The summed E-state index contributed by atoms with van der Waals surface area (Å²) in [5.41, 5.74) is 3.38. The van der Waals surface area contributed by atoms with Crippen LogP contribution in [-0.4, -0.2) is 74.2 Å². The lowest BCUT2D eigenvalue weighted by Crippen LogP contribution is -2.60. The van der Waals surface area contributed by atoms with Gasteiger partial charge in [0.15, 0.2) is 11.4 Å². The van der Waals surface area contributed by atoms with E-state index in [4.69, 9.17) is 5.73 Å². The van der Waals surface area contributed by atoms with Crippen LogP contribution in [-0.2, 0) is 24.3 Å². The van der Waals surface area contributed by atoms with Crippen molar-refractivity contribution in [3.05, 3.63) is 99.3 Å². The maximum atomic E-state index is 16.1. The molecule has 0 saturated heterocycles. The number of hydrogen-bond donors (Lipinski definition) is 5. The van der Waals surface area contributed by atoms with Crippen LogP contribution in [0.3, 0.4) is 0 Å². The number of hydrogen-bond acceptors (Lipinski definition) is 8. The Morgan fingerprint density at radius 3 is 2.43 bits per heavy atom. The number of halogens is 1. The molecule has 0 saturated carbocycles. The lowest BCUT2D eigenvalue weighted by molar-refractivity contribution is -0.115. The van der Waals surface area contributed by atoms with E-state index >= 15 is 4.39 Å². The van der Waals surface area contributed by atoms with Crippen molar-refractivity contribution in [3.63, 3.8) is 0 Å². The van der Waals surface area contributed by atoms with Gasteiger partial charge in [-0.15, -0.1) is 0 Å². The first-order valence-electron chi connectivity index (χ1n) is 13.9. The van der Waals surface area contributed by atoms with Crippen LogP contribution in [0.5, 0.6) is 5.75 Å². The third-order valence-electron chi connectivity index (χ3n) is 9.01. The molecule has 4 atom stereocenters. The van der Waals surface area contributed by atoms with E-state index in [1.165, 1.54) is 6.07 Å². The van der Waals surface area contributed by atoms with Gasteiger partial charge in [0.2, 0.25) is 0 Å². The summed E-state index contributed by atoms with van der Waals surface area (Å²) < 4.78 is 16.1. The lowest BCUT2D eigenvalue weighted by Gasteiger charge is -2.52. The van der Waals surface area contributed by atoms with Crippen LogP contribution in [0.15, 0.2) is 71.2 Å². The van der Waals surface area contributed by atoms with Gasteiger partial charge in [-0.2, -0.15) is 0 Å². The van der Waals surface area contributed by atoms with Crippen LogP contribution in [0.4, 0.5) is 4.39 Å². The van der Waals surface area contributed by atoms with E-state index in [1.807, 2.05) is 42.2 Å². The summed E-state index contributed by atoms with van der Waals surface area (Å²) in [5, 5.41) is 45.4. The molecule has 2 aromatic carbocycles. The van der Waals surface area contributed by atoms with Crippen molar-refractivity contribution in [1.29, 1.82) is 0 Å². The number of benzene rings is 2. The molecule has 0 aromatic heterocycles. The molecule has 0 bridgehead atoms. The number of nitrogens with two attached hydrogens (primary N) is 1. The molecule has 3 aliphatic rings. The number of phenols is 1. The average molecular weight is 578 g/mol. The highest BCUT2D eigenvalue weighted by Gasteiger charge is 2.60. The van der Waals surface area contributed by atoms with Gasteiger partial charge in [-0.05, 0) is 51.0 Å². The molecule has 0 fully saturated rings. The molecule has 0 radical (unpaired) electrons. The molecule has 0 unspecified atom stereocenters. The molecular formula is C32H36FN3O6. The fraction of sp³-hybridized carbons (Fsp3) is 0.375. The highest BCUT2D eigenvalue weighted by atomic mass is 19.1. The van der Waals surface area contributed by atoms with Gasteiger partial charge in [-0.25, -0.2) is 4.39 Å². The molecular weight excluding hydrogens is 541 g/mol. The zero-order valence-electron chi connectivity index (χ0n) is 23.9. The van der Waals surface area contributed by atoms with Crippen LogP contribution in [0, 0.1) is 17.7 Å². The summed E-state index contributed by atoms with van der Waals surface area (Å²) in [5.74, 6) is -5.66. The Balaban J connectivity index is 1.57. The number of rotatable bonds is 7. The van der Waals surface area contributed by atoms with Crippen LogP contribution in [0.1, 0.15) is 40.4 Å². The number of ketones is 1. The third kappa shape index (κ3) is 4.41.